The summed E-state index contributed by atoms with van der Waals surface area (Å²) in [6.45, 7) is 0.130. The molecule has 0 spiro atoms. The van der Waals surface area contributed by atoms with Gasteiger partial charge in [0, 0.05) is 17.4 Å². The van der Waals surface area contributed by atoms with Gasteiger partial charge >= 0.3 is 0 Å². The molecule has 1 amide bonds. The van der Waals surface area contributed by atoms with Crippen LogP contribution in [0.25, 0.3) is 0 Å². The summed E-state index contributed by atoms with van der Waals surface area (Å²) >= 11 is 0. The molecule has 28 heavy (non-hydrogen) atoms. The molecule has 2 heterocycles. The summed E-state index contributed by atoms with van der Waals surface area (Å²) in [5.41, 5.74) is 2.07. The number of hydrogen-bond acceptors (Lipinski definition) is 4. The average molecular weight is 380 g/mol. The number of carbonyl (C=O) groups is 1. The standard InChI is InChI=1S/C21H14F2N2O3/c22-15-7-6-13(10-16(15)23)25-20(12-5-8-18-19(9-12)28-11-27-18)24-17-4-2-1-3-14(17)21(25)26/h1-10,20,24H,11H2/t20-/m0/s1. The minimum Gasteiger partial charge on any atom is -0.454 e. The second-order valence-corrected chi connectivity index (χ2v) is 6.48. The first kappa shape index (κ1) is 16.6. The van der Waals surface area contributed by atoms with Crippen LogP contribution < -0.4 is 19.7 Å². The second kappa shape index (κ2) is 6.23. The fraction of sp³-hybridized carbons (Fsp3) is 0.0952. The highest BCUT2D eigenvalue weighted by molar-refractivity contribution is 6.12. The van der Waals surface area contributed by atoms with E-state index in [0.717, 1.165) is 17.7 Å². The lowest BCUT2D eigenvalue weighted by molar-refractivity contribution is 0.0974. The van der Waals surface area contributed by atoms with Crippen molar-refractivity contribution in [1.29, 1.82) is 0 Å². The van der Waals surface area contributed by atoms with Crippen LogP contribution in [0.5, 0.6) is 11.5 Å². The van der Waals surface area contributed by atoms with E-state index in [1.165, 1.54) is 11.0 Å². The van der Waals surface area contributed by atoms with E-state index < -0.39 is 17.8 Å². The molecule has 5 rings (SSSR count). The van der Waals surface area contributed by atoms with E-state index in [9.17, 15) is 13.6 Å². The van der Waals surface area contributed by atoms with E-state index in [1.54, 1.807) is 36.4 Å². The summed E-state index contributed by atoms with van der Waals surface area (Å²) in [7, 11) is 0. The van der Waals surface area contributed by atoms with Gasteiger partial charge in [-0.25, -0.2) is 8.78 Å². The molecule has 0 aliphatic carbocycles. The molecule has 0 unspecified atom stereocenters. The minimum atomic E-state index is -1.02. The molecule has 3 aromatic rings. The maximum absolute atomic E-state index is 13.9. The number of rotatable bonds is 2. The Bertz CT molecular complexity index is 1100. The van der Waals surface area contributed by atoms with Gasteiger partial charge in [-0.15, -0.1) is 0 Å². The maximum atomic E-state index is 13.9. The number of hydrogen-bond donors (Lipinski definition) is 1. The second-order valence-electron chi connectivity index (χ2n) is 6.48. The summed E-state index contributed by atoms with van der Waals surface area (Å²) in [6.07, 6.45) is -0.637. The minimum absolute atomic E-state index is 0.130. The number of nitrogens with zero attached hydrogens (tertiary/aromatic N) is 1. The average Bonchev–Trinajstić information content (AvgIpc) is 3.18. The van der Waals surface area contributed by atoms with Crippen molar-refractivity contribution in [3.05, 3.63) is 83.4 Å². The number of ether oxygens (including phenoxy) is 2. The highest BCUT2D eigenvalue weighted by Gasteiger charge is 2.35. The topological polar surface area (TPSA) is 50.8 Å². The molecule has 0 aromatic heterocycles. The number of fused-ring (bicyclic) bond motifs is 2. The van der Waals surface area contributed by atoms with Crippen LogP contribution in [0.1, 0.15) is 22.1 Å². The largest absolute Gasteiger partial charge is 0.454 e. The smallest absolute Gasteiger partial charge is 0.262 e. The van der Waals surface area contributed by atoms with Gasteiger partial charge < -0.3 is 14.8 Å². The third-order valence-corrected chi connectivity index (χ3v) is 4.82. The number of halogens is 2. The van der Waals surface area contributed by atoms with Gasteiger partial charge in [0.2, 0.25) is 6.79 Å². The number of nitrogens with one attached hydrogen (secondary N) is 1. The lowest BCUT2D eigenvalue weighted by Crippen LogP contribution is -2.43. The van der Waals surface area contributed by atoms with E-state index in [1.807, 2.05) is 6.07 Å². The quantitative estimate of drug-likeness (QED) is 0.713. The van der Waals surface area contributed by atoms with E-state index in [-0.39, 0.29) is 18.4 Å². The van der Waals surface area contributed by atoms with Crippen LogP contribution >= 0.6 is 0 Å². The Kier molecular flexibility index (Phi) is 3.68. The van der Waals surface area contributed by atoms with Gasteiger partial charge in [-0.05, 0) is 42.0 Å². The number of amides is 1. The fourth-order valence-electron chi connectivity index (χ4n) is 3.47. The van der Waals surface area contributed by atoms with Crippen LogP contribution in [0.2, 0.25) is 0 Å². The van der Waals surface area contributed by atoms with Crippen molar-refractivity contribution in [3.63, 3.8) is 0 Å². The Morgan fingerprint density at radius 2 is 1.75 bits per heavy atom. The van der Waals surface area contributed by atoms with E-state index in [4.69, 9.17) is 9.47 Å². The summed E-state index contributed by atoms with van der Waals surface area (Å²) in [4.78, 5) is 14.6. The molecule has 0 fully saturated rings. The van der Waals surface area contributed by atoms with Crippen LogP contribution in [0, 0.1) is 11.6 Å². The lowest BCUT2D eigenvalue weighted by Gasteiger charge is -2.38. The first-order chi connectivity index (χ1) is 13.6. The van der Waals surface area contributed by atoms with E-state index in [2.05, 4.69) is 5.32 Å². The Balaban J connectivity index is 1.65. The normalized spacial score (nSPS) is 17.3. The van der Waals surface area contributed by atoms with Crippen molar-refractivity contribution in [1.82, 2.24) is 0 Å². The van der Waals surface area contributed by atoms with Crippen molar-refractivity contribution in [3.8, 4) is 11.5 Å². The Hall–Kier alpha value is -3.61. The SMILES string of the molecule is O=C1c2ccccc2N[C@H](c2ccc3c(c2)OCO3)N1c1ccc(F)c(F)c1. The van der Waals surface area contributed by atoms with Crippen molar-refractivity contribution < 1.29 is 23.0 Å². The molecule has 140 valence electrons. The first-order valence-corrected chi connectivity index (χ1v) is 8.65. The summed E-state index contributed by atoms with van der Waals surface area (Å²) < 4.78 is 38.1. The predicted octanol–water partition coefficient (Wildman–Crippen LogP) is 4.46. The molecule has 0 saturated heterocycles. The number of para-hydroxylation sites is 1. The summed E-state index contributed by atoms with van der Waals surface area (Å²) in [5.74, 6) is -1.13. The van der Waals surface area contributed by atoms with Gasteiger partial charge in [-0.1, -0.05) is 18.2 Å². The molecule has 2 aliphatic rings. The molecular weight excluding hydrogens is 366 g/mol. The lowest BCUT2D eigenvalue weighted by atomic mass is 10.0. The van der Waals surface area contributed by atoms with Crippen LogP contribution in [0.4, 0.5) is 20.2 Å². The number of carbonyl (C=O) groups excluding carboxylic acids is 1. The maximum Gasteiger partial charge on any atom is 0.262 e. The monoisotopic (exact) mass is 380 g/mol. The molecule has 1 atom stereocenters. The molecule has 1 N–H and O–H groups in total. The van der Waals surface area contributed by atoms with Gasteiger partial charge in [-0.3, -0.25) is 9.69 Å². The van der Waals surface area contributed by atoms with Gasteiger partial charge in [0.15, 0.2) is 23.1 Å². The van der Waals surface area contributed by atoms with Gasteiger partial charge in [0.25, 0.3) is 5.91 Å². The third-order valence-electron chi connectivity index (χ3n) is 4.82. The molecular formula is C21H14F2N2O3. The molecule has 5 nitrogen and oxygen atoms in total. The van der Waals surface area contributed by atoms with Crippen LogP contribution in [0.3, 0.4) is 0 Å². The van der Waals surface area contributed by atoms with Crippen molar-refractivity contribution >= 4 is 17.3 Å². The number of benzene rings is 3. The van der Waals surface area contributed by atoms with Crippen LogP contribution in [-0.2, 0) is 0 Å². The van der Waals surface area contributed by atoms with Crippen molar-refractivity contribution in [2.45, 2.75) is 6.17 Å². The highest BCUT2D eigenvalue weighted by Crippen LogP contribution is 2.40. The molecule has 7 heteroatoms. The van der Waals surface area contributed by atoms with Crippen LogP contribution in [0.15, 0.2) is 60.7 Å². The Morgan fingerprint density at radius 1 is 0.929 bits per heavy atom. The van der Waals surface area contributed by atoms with Crippen molar-refractivity contribution in [2.24, 2.45) is 0 Å². The molecule has 3 aromatic carbocycles. The first-order valence-electron chi connectivity index (χ1n) is 8.65. The predicted molar refractivity (Wildman–Crippen MR) is 98.5 cm³/mol. The Morgan fingerprint density at radius 3 is 2.61 bits per heavy atom. The molecule has 0 radical (unpaired) electrons. The molecule has 2 aliphatic heterocycles. The summed E-state index contributed by atoms with van der Waals surface area (Å²) in [5, 5.41) is 3.31. The molecule has 0 saturated carbocycles. The fourth-order valence-corrected chi connectivity index (χ4v) is 3.47. The van der Waals surface area contributed by atoms with E-state index in [0.29, 0.717) is 22.7 Å². The molecule has 0 bridgehead atoms. The zero-order valence-corrected chi connectivity index (χ0v) is 14.5. The third kappa shape index (κ3) is 2.55. The van der Waals surface area contributed by atoms with Crippen LogP contribution in [-0.4, -0.2) is 12.7 Å². The van der Waals surface area contributed by atoms with Gasteiger partial charge in [0.05, 0.1) is 5.56 Å². The van der Waals surface area contributed by atoms with Gasteiger partial charge in [-0.2, -0.15) is 0 Å². The number of anilines is 2. The zero-order chi connectivity index (χ0) is 19.3. The highest BCUT2D eigenvalue weighted by atomic mass is 19.2. The Labute approximate surface area is 159 Å². The summed E-state index contributed by atoms with van der Waals surface area (Å²) in [6, 6.07) is 15.8. The zero-order valence-electron chi connectivity index (χ0n) is 14.5. The van der Waals surface area contributed by atoms with Gasteiger partial charge in [0.1, 0.15) is 6.17 Å². The van der Waals surface area contributed by atoms with Crippen molar-refractivity contribution in [2.75, 3.05) is 17.0 Å². The van der Waals surface area contributed by atoms with E-state index >= 15 is 0 Å².